The van der Waals surface area contributed by atoms with Gasteiger partial charge in [-0.2, -0.15) is 0 Å². The van der Waals surface area contributed by atoms with Crippen molar-refractivity contribution in [2.75, 3.05) is 24.5 Å². The van der Waals surface area contributed by atoms with E-state index in [2.05, 4.69) is 27.9 Å². The summed E-state index contributed by atoms with van der Waals surface area (Å²) in [5.41, 5.74) is 6.66. The van der Waals surface area contributed by atoms with E-state index in [-0.39, 0.29) is 0 Å². The zero-order chi connectivity index (χ0) is 11.4. The van der Waals surface area contributed by atoms with E-state index in [4.69, 9.17) is 5.73 Å². The van der Waals surface area contributed by atoms with Crippen LogP contribution in [0.1, 0.15) is 31.3 Å². The van der Waals surface area contributed by atoms with Crippen molar-refractivity contribution >= 4 is 5.82 Å². The van der Waals surface area contributed by atoms with Crippen LogP contribution >= 0.6 is 0 Å². The molecule has 1 saturated heterocycles. The number of aryl methyl sites for hydroxylation is 1. The van der Waals surface area contributed by atoms with Crippen LogP contribution in [0, 0.1) is 0 Å². The number of hydrogen-bond donors (Lipinski definition) is 1. The van der Waals surface area contributed by atoms with Gasteiger partial charge in [0.25, 0.3) is 0 Å². The highest BCUT2D eigenvalue weighted by Gasteiger charge is 2.15. The summed E-state index contributed by atoms with van der Waals surface area (Å²) in [7, 11) is 0. The molecule has 4 nitrogen and oxygen atoms in total. The Balaban J connectivity index is 2.24. The number of nitrogens with two attached hydrogens (primary N) is 1. The topological polar surface area (TPSA) is 55.0 Å². The maximum Gasteiger partial charge on any atom is 0.132 e. The molecule has 0 saturated carbocycles. The molecule has 0 atom stereocenters. The Morgan fingerprint density at radius 1 is 1.31 bits per heavy atom. The Hall–Kier alpha value is -1.16. The minimum atomic E-state index is 0.652. The molecule has 4 heteroatoms. The molecule has 0 aromatic carbocycles. The molecule has 1 aliphatic rings. The molecule has 1 fully saturated rings. The van der Waals surface area contributed by atoms with Gasteiger partial charge in [0.2, 0.25) is 0 Å². The van der Waals surface area contributed by atoms with E-state index >= 15 is 0 Å². The number of anilines is 1. The molecule has 0 radical (unpaired) electrons. The first-order valence-electron chi connectivity index (χ1n) is 6.15. The second-order valence-corrected chi connectivity index (χ2v) is 4.22. The number of nitrogens with zero attached hydrogens (tertiary/aromatic N) is 3. The summed E-state index contributed by atoms with van der Waals surface area (Å²) < 4.78 is 0. The lowest BCUT2D eigenvalue weighted by Gasteiger charge is -2.17. The maximum atomic E-state index is 5.58. The van der Waals surface area contributed by atoms with Crippen molar-refractivity contribution in [3.8, 4) is 0 Å². The second-order valence-electron chi connectivity index (χ2n) is 4.22. The fraction of sp³-hybridized carbons (Fsp3) is 0.667. The van der Waals surface area contributed by atoms with Crippen LogP contribution in [0.2, 0.25) is 0 Å². The van der Waals surface area contributed by atoms with Gasteiger partial charge in [-0.1, -0.05) is 6.92 Å². The molecule has 0 amide bonds. The van der Waals surface area contributed by atoms with Crippen LogP contribution in [0.25, 0.3) is 0 Å². The molecular weight excluding hydrogens is 200 g/mol. The van der Waals surface area contributed by atoms with Gasteiger partial charge in [0.1, 0.15) is 11.6 Å². The minimum absolute atomic E-state index is 0.652. The molecule has 2 N–H and O–H groups in total. The maximum absolute atomic E-state index is 5.58. The van der Waals surface area contributed by atoms with Crippen LogP contribution < -0.4 is 10.6 Å². The third kappa shape index (κ3) is 2.50. The van der Waals surface area contributed by atoms with Gasteiger partial charge in [0.05, 0.1) is 0 Å². The van der Waals surface area contributed by atoms with E-state index in [1.807, 2.05) is 0 Å². The first-order chi connectivity index (χ1) is 7.83. The van der Waals surface area contributed by atoms with E-state index in [0.29, 0.717) is 6.54 Å². The number of aromatic nitrogens is 2. The van der Waals surface area contributed by atoms with Gasteiger partial charge in [-0.15, -0.1) is 0 Å². The summed E-state index contributed by atoms with van der Waals surface area (Å²) in [6.45, 7) is 5.00. The Morgan fingerprint density at radius 2 is 2.06 bits per heavy atom. The Kier molecular flexibility index (Phi) is 3.72. The largest absolute Gasteiger partial charge is 0.357 e. The molecule has 1 aliphatic heterocycles. The second kappa shape index (κ2) is 5.25. The number of hydrogen-bond acceptors (Lipinski definition) is 4. The monoisotopic (exact) mass is 220 g/mol. The van der Waals surface area contributed by atoms with Crippen molar-refractivity contribution in [3.05, 3.63) is 17.6 Å². The predicted octanol–water partition coefficient (Wildman–Crippen LogP) is 1.14. The summed E-state index contributed by atoms with van der Waals surface area (Å²) in [6.07, 6.45) is 4.28. The van der Waals surface area contributed by atoms with Crippen LogP contribution in [0.3, 0.4) is 0 Å². The summed E-state index contributed by atoms with van der Waals surface area (Å²) in [4.78, 5) is 11.4. The summed E-state index contributed by atoms with van der Waals surface area (Å²) in [5.74, 6) is 2.03. The lowest BCUT2D eigenvalue weighted by molar-refractivity contribution is 0.830. The minimum Gasteiger partial charge on any atom is -0.357 e. The van der Waals surface area contributed by atoms with Gasteiger partial charge >= 0.3 is 0 Å². The predicted molar refractivity (Wildman–Crippen MR) is 65.6 cm³/mol. The van der Waals surface area contributed by atoms with Gasteiger partial charge in [0.15, 0.2) is 0 Å². The van der Waals surface area contributed by atoms with Gasteiger partial charge in [-0.3, -0.25) is 0 Å². The molecule has 1 aromatic heterocycles. The average molecular weight is 220 g/mol. The molecule has 0 aliphatic carbocycles. The fourth-order valence-electron chi connectivity index (χ4n) is 2.08. The highest BCUT2D eigenvalue weighted by atomic mass is 15.2. The summed E-state index contributed by atoms with van der Waals surface area (Å²) in [5, 5.41) is 0. The molecule has 2 rings (SSSR count). The summed E-state index contributed by atoms with van der Waals surface area (Å²) in [6, 6.07) is 2.09. The molecule has 0 unspecified atom stereocenters. The average Bonchev–Trinajstić information content (AvgIpc) is 2.82. The van der Waals surface area contributed by atoms with Gasteiger partial charge in [-0.05, 0) is 19.4 Å². The smallest absolute Gasteiger partial charge is 0.132 e. The van der Waals surface area contributed by atoms with E-state index in [0.717, 1.165) is 43.3 Å². The van der Waals surface area contributed by atoms with Gasteiger partial charge in [-0.25, -0.2) is 9.97 Å². The van der Waals surface area contributed by atoms with Crippen molar-refractivity contribution in [2.45, 2.75) is 32.6 Å². The van der Waals surface area contributed by atoms with Crippen LogP contribution in [0.4, 0.5) is 5.82 Å². The SMILES string of the molecule is CCc1nc(CCN)cc(N2CCCC2)n1. The zero-order valence-corrected chi connectivity index (χ0v) is 9.95. The highest BCUT2D eigenvalue weighted by molar-refractivity contribution is 5.40. The first-order valence-corrected chi connectivity index (χ1v) is 6.15. The summed E-state index contributed by atoms with van der Waals surface area (Å²) >= 11 is 0. The third-order valence-electron chi connectivity index (χ3n) is 2.96. The molecule has 16 heavy (non-hydrogen) atoms. The quantitative estimate of drug-likeness (QED) is 0.826. The van der Waals surface area contributed by atoms with Crippen molar-refractivity contribution in [2.24, 2.45) is 5.73 Å². The van der Waals surface area contributed by atoms with Crippen molar-refractivity contribution in [3.63, 3.8) is 0 Å². The zero-order valence-electron chi connectivity index (χ0n) is 9.95. The normalized spacial score (nSPS) is 15.8. The molecule has 0 spiro atoms. The van der Waals surface area contributed by atoms with Crippen LogP contribution in [-0.4, -0.2) is 29.6 Å². The van der Waals surface area contributed by atoms with Crippen LogP contribution in [0.5, 0.6) is 0 Å². The van der Waals surface area contributed by atoms with E-state index in [9.17, 15) is 0 Å². The first kappa shape index (κ1) is 11.3. The third-order valence-corrected chi connectivity index (χ3v) is 2.96. The van der Waals surface area contributed by atoms with Crippen molar-refractivity contribution < 1.29 is 0 Å². The fourth-order valence-corrected chi connectivity index (χ4v) is 2.08. The lowest BCUT2D eigenvalue weighted by atomic mass is 10.2. The van der Waals surface area contributed by atoms with Crippen LogP contribution in [0.15, 0.2) is 6.07 Å². The van der Waals surface area contributed by atoms with E-state index < -0.39 is 0 Å². The van der Waals surface area contributed by atoms with Crippen molar-refractivity contribution in [1.82, 2.24) is 9.97 Å². The molecule has 0 bridgehead atoms. The molecular formula is C12H20N4. The van der Waals surface area contributed by atoms with Gasteiger partial charge in [0, 0.05) is 37.7 Å². The van der Waals surface area contributed by atoms with Gasteiger partial charge < -0.3 is 10.6 Å². The Morgan fingerprint density at radius 3 is 2.69 bits per heavy atom. The molecule has 1 aromatic rings. The van der Waals surface area contributed by atoms with Crippen LogP contribution in [-0.2, 0) is 12.8 Å². The Bertz CT molecular complexity index is 345. The Labute approximate surface area is 96.9 Å². The number of rotatable bonds is 4. The van der Waals surface area contributed by atoms with E-state index in [1.54, 1.807) is 0 Å². The highest BCUT2D eigenvalue weighted by Crippen LogP contribution is 2.18. The van der Waals surface area contributed by atoms with Crippen molar-refractivity contribution in [1.29, 1.82) is 0 Å². The molecule has 88 valence electrons. The standard InChI is InChI=1S/C12H20N4/c1-2-11-14-10(5-6-13)9-12(15-11)16-7-3-4-8-16/h9H,2-8,13H2,1H3. The molecule has 2 heterocycles. The van der Waals surface area contributed by atoms with E-state index in [1.165, 1.54) is 12.8 Å². The lowest BCUT2D eigenvalue weighted by Crippen LogP contribution is -2.20.